The molecule has 0 aliphatic carbocycles. The number of fused-ring (bicyclic) bond motifs is 1. The number of nitrogens with one attached hydrogen (secondary N) is 2. The third-order valence-electron chi connectivity index (χ3n) is 8.13. The van der Waals surface area contributed by atoms with Gasteiger partial charge in [-0.05, 0) is 75.9 Å². The molecular weight excluding hydrogens is 518 g/mol. The second-order valence-electron chi connectivity index (χ2n) is 11.5. The van der Waals surface area contributed by atoms with Crippen molar-refractivity contribution < 1.29 is 19.5 Å². The molecule has 0 spiro atoms. The van der Waals surface area contributed by atoms with Gasteiger partial charge in [-0.2, -0.15) is 0 Å². The second kappa shape index (κ2) is 11.7. The summed E-state index contributed by atoms with van der Waals surface area (Å²) >= 11 is 0. The molecule has 0 aromatic heterocycles. The standard InChI is InChI=1S/C32H39N5O4/c1-20(38)19-35-30(41)37(23-16-13-21(14-17-23)24-10-6-7-11-26(24)33)29(40)32(4,31(2,3)34)25-18-15-22-9-5-8-12-27(22)36-28(25)39/h5-14,16-17,20,25,38H,15,18-19,33-34H2,1-4H3,(H,35,41)(H,36,39)/t20?,25-,32?/m0/s1. The highest BCUT2D eigenvalue weighted by molar-refractivity contribution is 6.17. The van der Waals surface area contributed by atoms with E-state index in [4.69, 9.17) is 11.5 Å². The number of para-hydroxylation sites is 2. The van der Waals surface area contributed by atoms with Crippen LogP contribution in [0.15, 0.2) is 72.8 Å². The first-order chi connectivity index (χ1) is 19.3. The van der Waals surface area contributed by atoms with Crippen molar-refractivity contribution in [1.82, 2.24) is 5.32 Å². The summed E-state index contributed by atoms with van der Waals surface area (Å²) in [6.45, 7) is 6.52. The number of nitrogens with two attached hydrogens (primary N) is 2. The molecule has 9 heteroatoms. The molecule has 3 aromatic rings. The molecule has 4 amide bonds. The van der Waals surface area contributed by atoms with Gasteiger partial charge in [0.2, 0.25) is 11.8 Å². The summed E-state index contributed by atoms with van der Waals surface area (Å²) in [5.41, 5.74) is 14.4. The van der Waals surface area contributed by atoms with E-state index in [0.717, 1.165) is 21.6 Å². The average Bonchev–Trinajstić information content (AvgIpc) is 3.10. The molecule has 216 valence electrons. The lowest BCUT2D eigenvalue weighted by Gasteiger charge is -2.46. The Morgan fingerprint density at radius 3 is 2.32 bits per heavy atom. The Morgan fingerprint density at radius 2 is 1.68 bits per heavy atom. The number of anilines is 3. The normalized spacial score (nSPS) is 17.3. The van der Waals surface area contributed by atoms with E-state index in [1.165, 1.54) is 6.92 Å². The number of urea groups is 1. The molecule has 3 aromatic carbocycles. The number of nitrogens with zero attached hydrogens (tertiary/aromatic N) is 1. The highest BCUT2D eigenvalue weighted by Crippen LogP contribution is 2.44. The number of rotatable bonds is 7. The fourth-order valence-corrected chi connectivity index (χ4v) is 5.36. The minimum absolute atomic E-state index is 0.0663. The van der Waals surface area contributed by atoms with Crippen LogP contribution >= 0.6 is 0 Å². The Kier molecular flexibility index (Phi) is 8.51. The van der Waals surface area contributed by atoms with Gasteiger partial charge < -0.3 is 27.2 Å². The summed E-state index contributed by atoms with van der Waals surface area (Å²) in [7, 11) is 0. The third-order valence-corrected chi connectivity index (χ3v) is 8.13. The lowest BCUT2D eigenvalue weighted by atomic mass is 9.62. The van der Waals surface area contributed by atoms with Gasteiger partial charge in [0.15, 0.2) is 0 Å². The maximum Gasteiger partial charge on any atom is 0.328 e. The van der Waals surface area contributed by atoms with Crippen molar-refractivity contribution >= 4 is 34.9 Å². The molecule has 0 bridgehead atoms. The summed E-state index contributed by atoms with van der Waals surface area (Å²) < 4.78 is 0. The highest BCUT2D eigenvalue weighted by atomic mass is 16.3. The van der Waals surface area contributed by atoms with Gasteiger partial charge in [-0.1, -0.05) is 48.5 Å². The summed E-state index contributed by atoms with van der Waals surface area (Å²) in [5.74, 6) is -1.78. The Labute approximate surface area is 240 Å². The Balaban J connectivity index is 1.77. The molecule has 7 N–H and O–H groups in total. The average molecular weight is 558 g/mol. The maximum atomic E-state index is 14.7. The number of benzene rings is 3. The first-order valence-corrected chi connectivity index (χ1v) is 13.8. The van der Waals surface area contributed by atoms with Crippen LogP contribution in [0.1, 0.15) is 39.7 Å². The largest absolute Gasteiger partial charge is 0.398 e. The van der Waals surface area contributed by atoms with E-state index in [9.17, 15) is 19.5 Å². The minimum Gasteiger partial charge on any atom is -0.398 e. The van der Waals surface area contributed by atoms with Gasteiger partial charge in [0.05, 0.1) is 23.1 Å². The van der Waals surface area contributed by atoms with Gasteiger partial charge in [0, 0.05) is 29.0 Å². The van der Waals surface area contributed by atoms with Crippen LogP contribution in [0.5, 0.6) is 0 Å². The van der Waals surface area contributed by atoms with Gasteiger partial charge in [0.25, 0.3) is 0 Å². The number of nitrogen functional groups attached to an aromatic ring is 1. The molecule has 3 atom stereocenters. The summed E-state index contributed by atoms with van der Waals surface area (Å²) in [6, 6.07) is 21.1. The number of aryl methyl sites for hydroxylation is 1. The van der Waals surface area contributed by atoms with Crippen LogP contribution in [-0.4, -0.2) is 41.1 Å². The maximum absolute atomic E-state index is 14.7. The zero-order valence-electron chi connectivity index (χ0n) is 24.0. The molecule has 9 nitrogen and oxygen atoms in total. The van der Waals surface area contributed by atoms with Crippen molar-refractivity contribution in [2.24, 2.45) is 17.1 Å². The van der Waals surface area contributed by atoms with E-state index in [0.29, 0.717) is 29.9 Å². The molecule has 0 radical (unpaired) electrons. The van der Waals surface area contributed by atoms with E-state index in [-0.39, 0.29) is 12.5 Å². The monoisotopic (exact) mass is 557 g/mol. The number of carbonyl (C=O) groups is 3. The molecule has 1 heterocycles. The molecular formula is C32H39N5O4. The minimum atomic E-state index is -1.50. The van der Waals surface area contributed by atoms with E-state index in [2.05, 4.69) is 10.6 Å². The Morgan fingerprint density at radius 1 is 1.05 bits per heavy atom. The van der Waals surface area contributed by atoms with Crippen molar-refractivity contribution in [3.63, 3.8) is 0 Å². The van der Waals surface area contributed by atoms with Crippen LogP contribution < -0.4 is 27.0 Å². The second-order valence-corrected chi connectivity index (χ2v) is 11.5. The first kappa shape index (κ1) is 29.8. The van der Waals surface area contributed by atoms with E-state index in [1.807, 2.05) is 42.5 Å². The SMILES string of the molecule is CC(O)CNC(=O)N(C(=O)C(C)([C@H]1CCc2ccccc2NC1=O)C(C)(C)N)c1ccc(-c2ccccc2N)cc1. The fourth-order valence-electron chi connectivity index (χ4n) is 5.36. The Bertz CT molecular complexity index is 1430. The highest BCUT2D eigenvalue weighted by Gasteiger charge is 2.56. The first-order valence-electron chi connectivity index (χ1n) is 13.8. The van der Waals surface area contributed by atoms with Crippen LogP contribution in [0.25, 0.3) is 11.1 Å². The van der Waals surface area contributed by atoms with Gasteiger partial charge in [-0.3, -0.25) is 9.59 Å². The molecule has 0 saturated carbocycles. The van der Waals surface area contributed by atoms with Crippen LogP contribution in [0.4, 0.5) is 21.9 Å². The smallest absolute Gasteiger partial charge is 0.328 e. The van der Waals surface area contributed by atoms with Crippen molar-refractivity contribution in [1.29, 1.82) is 0 Å². The molecule has 0 fully saturated rings. The number of carbonyl (C=O) groups excluding carboxylic acids is 3. The summed E-state index contributed by atoms with van der Waals surface area (Å²) in [6.07, 6.45) is 0.0869. The predicted molar refractivity (Wildman–Crippen MR) is 162 cm³/mol. The van der Waals surface area contributed by atoms with Crippen LogP contribution in [-0.2, 0) is 16.0 Å². The molecule has 1 aliphatic rings. The Hall–Kier alpha value is -4.21. The van der Waals surface area contributed by atoms with Gasteiger partial charge in [0.1, 0.15) is 0 Å². The van der Waals surface area contributed by atoms with Crippen molar-refractivity contribution in [2.75, 3.05) is 22.5 Å². The lowest BCUT2D eigenvalue weighted by Crippen LogP contribution is -2.65. The van der Waals surface area contributed by atoms with Crippen molar-refractivity contribution in [3.8, 4) is 11.1 Å². The molecule has 0 saturated heterocycles. The van der Waals surface area contributed by atoms with Crippen LogP contribution in [0.3, 0.4) is 0 Å². The lowest BCUT2D eigenvalue weighted by molar-refractivity contribution is -0.141. The number of aliphatic hydroxyl groups is 1. The van der Waals surface area contributed by atoms with Gasteiger partial charge in [-0.15, -0.1) is 0 Å². The van der Waals surface area contributed by atoms with E-state index < -0.39 is 34.9 Å². The number of imide groups is 1. The third kappa shape index (κ3) is 5.96. The number of amides is 4. The summed E-state index contributed by atoms with van der Waals surface area (Å²) in [4.78, 5) is 43.0. The number of aliphatic hydroxyl groups excluding tert-OH is 1. The van der Waals surface area contributed by atoms with E-state index >= 15 is 0 Å². The number of hydrogen-bond donors (Lipinski definition) is 5. The van der Waals surface area contributed by atoms with Crippen molar-refractivity contribution in [2.45, 2.75) is 52.2 Å². The fraction of sp³-hybridized carbons (Fsp3) is 0.344. The molecule has 41 heavy (non-hydrogen) atoms. The molecule has 1 aliphatic heterocycles. The van der Waals surface area contributed by atoms with Crippen LogP contribution in [0, 0.1) is 11.3 Å². The quantitative estimate of drug-likeness (QED) is 0.273. The van der Waals surface area contributed by atoms with Crippen molar-refractivity contribution in [3.05, 3.63) is 78.4 Å². The van der Waals surface area contributed by atoms with E-state index in [1.54, 1.807) is 51.1 Å². The molecule has 4 rings (SSSR count). The zero-order valence-corrected chi connectivity index (χ0v) is 24.0. The number of hydrogen-bond acceptors (Lipinski definition) is 6. The van der Waals surface area contributed by atoms with Gasteiger partial charge >= 0.3 is 6.03 Å². The van der Waals surface area contributed by atoms with Gasteiger partial charge in [-0.25, -0.2) is 9.69 Å². The summed E-state index contributed by atoms with van der Waals surface area (Å²) in [5, 5.41) is 15.4. The molecule has 2 unspecified atom stereocenters. The predicted octanol–water partition coefficient (Wildman–Crippen LogP) is 4.30. The topological polar surface area (TPSA) is 151 Å². The zero-order chi connectivity index (χ0) is 29.9. The van der Waals surface area contributed by atoms with Crippen LogP contribution in [0.2, 0.25) is 0 Å².